The van der Waals surface area contributed by atoms with Gasteiger partial charge in [0.15, 0.2) is 0 Å². The number of carbonyl (C=O) groups excluding carboxylic acids is 4. The summed E-state index contributed by atoms with van der Waals surface area (Å²) in [5, 5.41) is 8.06. The Hall–Kier alpha value is -2.90. The summed E-state index contributed by atoms with van der Waals surface area (Å²) in [7, 11) is 0. The van der Waals surface area contributed by atoms with E-state index in [9.17, 15) is 19.2 Å². The van der Waals surface area contributed by atoms with E-state index in [1.54, 1.807) is 45.0 Å². The lowest BCUT2D eigenvalue weighted by molar-refractivity contribution is -0.132. The fourth-order valence-corrected chi connectivity index (χ4v) is 2.29. The Bertz CT molecular complexity index is 686. The van der Waals surface area contributed by atoms with E-state index < -0.39 is 18.0 Å². The molecule has 8 nitrogen and oxygen atoms in total. The predicted octanol–water partition coefficient (Wildman–Crippen LogP) is 1.60. The Kier molecular flexibility index (Phi) is 9.14. The highest BCUT2D eigenvalue weighted by atomic mass is 16.5. The molecule has 0 aliphatic heterocycles. The summed E-state index contributed by atoms with van der Waals surface area (Å²) >= 11 is 0. The van der Waals surface area contributed by atoms with Crippen molar-refractivity contribution in [1.82, 2.24) is 10.6 Å². The first-order valence-corrected chi connectivity index (χ1v) is 9.21. The van der Waals surface area contributed by atoms with E-state index >= 15 is 0 Å². The van der Waals surface area contributed by atoms with Crippen molar-refractivity contribution in [3.05, 3.63) is 29.8 Å². The van der Waals surface area contributed by atoms with Gasteiger partial charge in [-0.1, -0.05) is 39.8 Å². The monoisotopic (exact) mass is 391 g/mol. The van der Waals surface area contributed by atoms with Crippen LogP contribution in [-0.2, 0) is 30.5 Å². The minimum absolute atomic E-state index is 0.126. The molecule has 0 radical (unpaired) electrons. The second-order valence-electron chi connectivity index (χ2n) is 7.21. The third-order valence-corrected chi connectivity index (χ3v) is 4.06. The van der Waals surface area contributed by atoms with Crippen LogP contribution >= 0.6 is 0 Å². The summed E-state index contributed by atoms with van der Waals surface area (Å²) in [6, 6.07) is 5.29. The second kappa shape index (κ2) is 11.1. The van der Waals surface area contributed by atoms with E-state index in [4.69, 9.17) is 0 Å². The van der Waals surface area contributed by atoms with Gasteiger partial charge in [-0.25, -0.2) is 0 Å². The average Bonchev–Trinajstić information content (AvgIpc) is 2.64. The van der Waals surface area contributed by atoms with Gasteiger partial charge in [0.25, 0.3) is 6.47 Å². The lowest BCUT2D eigenvalue weighted by Gasteiger charge is -2.24. The first-order valence-electron chi connectivity index (χ1n) is 9.21. The second-order valence-corrected chi connectivity index (χ2v) is 7.21. The van der Waals surface area contributed by atoms with Crippen molar-refractivity contribution in [1.29, 1.82) is 0 Å². The molecule has 8 heteroatoms. The molecule has 3 amide bonds. The Balaban J connectivity index is 2.65. The van der Waals surface area contributed by atoms with Crippen molar-refractivity contribution in [3.63, 3.8) is 0 Å². The van der Waals surface area contributed by atoms with Gasteiger partial charge in [-0.3, -0.25) is 19.2 Å². The molecule has 0 saturated carbocycles. The number of rotatable bonds is 10. The van der Waals surface area contributed by atoms with Crippen molar-refractivity contribution < 1.29 is 23.9 Å². The van der Waals surface area contributed by atoms with Crippen LogP contribution in [-0.4, -0.2) is 36.3 Å². The average molecular weight is 391 g/mol. The van der Waals surface area contributed by atoms with Crippen LogP contribution in [0.5, 0.6) is 0 Å². The van der Waals surface area contributed by atoms with Gasteiger partial charge >= 0.3 is 0 Å². The van der Waals surface area contributed by atoms with Gasteiger partial charge in [0, 0.05) is 11.6 Å². The minimum atomic E-state index is -0.789. The topological polar surface area (TPSA) is 114 Å². The predicted molar refractivity (Wildman–Crippen MR) is 105 cm³/mol. The number of anilines is 1. The van der Waals surface area contributed by atoms with Crippen molar-refractivity contribution in [2.45, 2.75) is 53.3 Å². The SMILES string of the molecule is CC(C)C(=O)NC(C(=O)N[C@@H](C)C(=O)Nc1ccc(COC=O)cc1)C(C)C. The molecule has 0 aliphatic rings. The Labute approximate surface area is 165 Å². The van der Waals surface area contributed by atoms with Gasteiger partial charge < -0.3 is 20.7 Å². The number of hydrogen-bond donors (Lipinski definition) is 3. The number of carbonyl (C=O) groups is 4. The zero-order chi connectivity index (χ0) is 21.3. The molecule has 154 valence electrons. The molecule has 0 fully saturated rings. The lowest BCUT2D eigenvalue weighted by Crippen LogP contribution is -2.54. The minimum Gasteiger partial charge on any atom is -0.463 e. The third kappa shape index (κ3) is 7.38. The maximum absolute atomic E-state index is 12.5. The molecule has 28 heavy (non-hydrogen) atoms. The molecule has 0 aromatic heterocycles. The van der Waals surface area contributed by atoms with Crippen LogP contribution in [0.25, 0.3) is 0 Å². The van der Waals surface area contributed by atoms with Gasteiger partial charge in [-0.15, -0.1) is 0 Å². The molecule has 1 aromatic carbocycles. The summed E-state index contributed by atoms with van der Waals surface area (Å²) in [5.41, 5.74) is 1.33. The highest BCUT2D eigenvalue weighted by Crippen LogP contribution is 2.11. The summed E-state index contributed by atoms with van der Waals surface area (Å²) < 4.78 is 4.66. The normalized spacial score (nSPS) is 12.8. The molecule has 2 atom stereocenters. The molecular formula is C20H29N3O5. The van der Waals surface area contributed by atoms with Crippen LogP contribution < -0.4 is 16.0 Å². The standard InChI is InChI=1S/C20H29N3O5/c1-12(2)17(23-18(25)13(3)4)20(27)21-14(5)19(26)22-16-8-6-15(7-9-16)10-28-11-24/h6-9,11-14,17H,10H2,1-5H3,(H,21,27)(H,22,26)(H,23,25)/t14-,17?/m0/s1. The summed E-state index contributed by atoms with van der Waals surface area (Å²) in [6.45, 7) is 9.24. The number of amides is 3. The Morgan fingerprint density at radius 1 is 0.929 bits per heavy atom. The van der Waals surface area contributed by atoms with Crippen LogP contribution in [0, 0.1) is 11.8 Å². The smallest absolute Gasteiger partial charge is 0.293 e. The molecule has 0 aliphatic carbocycles. The quantitative estimate of drug-likeness (QED) is 0.524. The van der Waals surface area contributed by atoms with E-state index in [1.165, 1.54) is 0 Å². The third-order valence-electron chi connectivity index (χ3n) is 4.06. The molecule has 1 unspecified atom stereocenters. The molecule has 1 aromatic rings. The van der Waals surface area contributed by atoms with Crippen LogP contribution in [0.2, 0.25) is 0 Å². The van der Waals surface area contributed by atoms with Gasteiger partial charge in [-0.2, -0.15) is 0 Å². The molecule has 0 bridgehead atoms. The molecule has 0 heterocycles. The summed E-state index contributed by atoms with van der Waals surface area (Å²) in [6.07, 6.45) is 0. The number of nitrogens with one attached hydrogen (secondary N) is 3. The highest BCUT2D eigenvalue weighted by molar-refractivity contribution is 5.98. The van der Waals surface area contributed by atoms with Gasteiger partial charge in [0.05, 0.1) is 0 Å². The molecule has 0 spiro atoms. The van der Waals surface area contributed by atoms with E-state index in [-0.39, 0.29) is 30.3 Å². The highest BCUT2D eigenvalue weighted by Gasteiger charge is 2.27. The first kappa shape index (κ1) is 23.1. The number of benzene rings is 1. The fraction of sp³-hybridized carbons (Fsp3) is 0.500. The van der Waals surface area contributed by atoms with Crippen LogP contribution in [0.3, 0.4) is 0 Å². The van der Waals surface area contributed by atoms with E-state index in [0.717, 1.165) is 5.56 Å². The zero-order valence-electron chi connectivity index (χ0n) is 16.9. The Morgan fingerprint density at radius 2 is 1.54 bits per heavy atom. The first-order chi connectivity index (χ1) is 13.1. The van der Waals surface area contributed by atoms with Gasteiger partial charge in [0.1, 0.15) is 18.7 Å². The maximum Gasteiger partial charge on any atom is 0.293 e. The molecule has 3 N–H and O–H groups in total. The van der Waals surface area contributed by atoms with Gasteiger partial charge in [0.2, 0.25) is 17.7 Å². The van der Waals surface area contributed by atoms with Crippen LogP contribution in [0.4, 0.5) is 5.69 Å². The van der Waals surface area contributed by atoms with Crippen molar-refractivity contribution in [2.24, 2.45) is 11.8 Å². The fourth-order valence-electron chi connectivity index (χ4n) is 2.29. The molecule has 1 rings (SSSR count). The number of hydrogen-bond acceptors (Lipinski definition) is 5. The lowest BCUT2D eigenvalue weighted by atomic mass is 10.0. The maximum atomic E-state index is 12.5. The van der Waals surface area contributed by atoms with Crippen LogP contribution in [0.15, 0.2) is 24.3 Å². The summed E-state index contributed by atoms with van der Waals surface area (Å²) in [4.78, 5) is 47.0. The van der Waals surface area contributed by atoms with Gasteiger partial charge in [-0.05, 0) is 30.5 Å². The van der Waals surface area contributed by atoms with Crippen molar-refractivity contribution in [2.75, 3.05) is 5.32 Å². The zero-order valence-corrected chi connectivity index (χ0v) is 16.9. The number of ether oxygens (including phenoxy) is 1. The van der Waals surface area contributed by atoms with Crippen molar-refractivity contribution >= 4 is 29.9 Å². The van der Waals surface area contributed by atoms with E-state index in [1.807, 2.05) is 13.8 Å². The van der Waals surface area contributed by atoms with E-state index in [2.05, 4.69) is 20.7 Å². The van der Waals surface area contributed by atoms with Crippen molar-refractivity contribution in [3.8, 4) is 0 Å². The molecular weight excluding hydrogens is 362 g/mol. The summed E-state index contributed by atoms with van der Waals surface area (Å²) in [5.74, 6) is -1.38. The molecule has 0 saturated heterocycles. The largest absolute Gasteiger partial charge is 0.463 e. The Morgan fingerprint density at radius 3 is 2.04 bits per heavy atom. The van der Waals surface area contributed by atoms with Crippen LogP contribution in [0.1, 0.15) is 40.2 Å². The van der Waals surface area contributed by atoms with E-state index in [0.29, 0.717) is 12.2 Å².